The van der Waals surface area contributed by atoms with Gasteiger partial charge in [0.15, 0.2) is 0 Å². The molecule has 0 aromatic rings. The molecule has 0 saturated carbocycles. The summed E-state index contributed by atoms with van der Waals surface area (Å²) in [6.45, 7) is 6.60. The third kappa shape index (κ3) is 5.84. The summed E-state index contributed by atoms with van der Waals surface area (Å²) in [6.07, 6.45) is 8.32. The van der Waals surface area contributed by atoms with Gasteiger partial charge in [-0.25, -0.2) is 0 Å². The van der Waals surface area contributed by atoms with E-state index in [-0.39, 0.29) is 0 Å². The van der Waals surface area contributed by atoms with Crippen molar-refractivity contribution in [2.75, 3.05) is 0 Å². The van der Waals surface area contributed by atoms with Gasteiger partial charge in [-0.3, -0.25) is 0 Å². The minimum Gasteiger partial charge on any atom is -0.303 e. The molecule has 0 heterocycles. The van der Waals surface area contributed by atoms with Gasteiger partial charge in [-0.15, -0.1) is 0 Å². The highest BCUT2D eigenvalue weighted by Gasteiger charge is 2.07. The van der Waals surface area contributed by atoms with Crippen molar-refractivity contribution in [2.24, 2.45) is 11.8 Å². The van der Waals surface area contributed by atoms with E-state index in [1.54, 1.807) is 0 Å². The van der Waals surface area contributed by atoms with Crippen LogP contribution in [0.15, 0.2) is 0 Å². The van der Waals surface area contributed by atoms with Gasteiger partial charge in [0.2, 0.25) is 0 Å². The first-order valence-corrected chi connectivity index (χ1v) is 5.73. The summed E-state index contributed by atoms with van der Waals surface area (Å²) in [5, 5.41) is 0. The molecule has 0 aromatic carbocycles. The molecule has 1 atom stereocenters. The number of carbonyl (C=O) groups is 1. The molecule has 0 aliphatic heterocycles. The maximum Gasteiger partial charge on any atom is 0.123 e. The molecule has 1 nitrogen and oxygen atoms in total. The second kappa shape index (κ2) is 8.28. The molecule has 1 unspecified atom stereocenters. The first-order valence-electron chi connectivity index (χ1n) is 5.73. The Morgan fingerprint density at radius 3 is 2.00 bits per heavy atom. The quantitative estimate of drug-likeness (QED) is 0.524. The Balaban J connectivity index is 3.46. The van der Waals surface area contributed by atoms with E-state index in [0.29, 0.717) is 5.92 Å². The van der Waals surface area contributed by atoms with E-state index in [0.717, 1.165) is 25.0 Å². The lowest BCUT2D eigenvalue weighted by Crippen LogP contribution is -2.02. The van der Waals surface area contributed by atoms with Gasteiger partial charge in [-0.2, -0.15) is 0 Å². The summed E-state index contributed by atoms with van der Waals surface area (Å²) in [6, 6.07) is 0. The van der Waals surface area contributed by atoms with Crippen LogP contribution < -0.4 is 0 Å². The summed E-state index contributed by atoms with van der Waals surface area (Å²) < 4.78 is 0. The third-order valence-corrected chi connectivity index (χ3v) is 3.06. The number of hydrogen-bond donors (Lipinski definition) is 0. The van der Waals surface area contributed by atoms with Crippen molar-refractivity contribution in [1.29, 1.82) is 0 Å². The molecule has 0 aliphatic carbocycles. The van der Waals surface area contributed by atoms with Crippen LogP contribution in [0.4, 0.5) is 0 Å². The van der Waals surface area contributed by atoms with E-state index >= 15 is 0 Å². The van der Waals surface area contributed by atoms with Crippen LogP contribution in [0.1, 0.15) is 59.3 Å². The molecule has 0 rings (SSSR count). The van der Waals surface area contributed by atoms with E-state index in [4.69, 9.17) is 0 Å². The predicted octanol–water partition coefficient (Wildman–Crippen LogP) is 3.82. The Kier molecular flexibility index (Phi) is 8.07. The lowest BCUT2D eigenvalue weighted by Gasteiger charge is -2.13. The molecule has 0 aliphatic rings. The van der Waals surface area contributed by atoms with Gasteiger partial charge in [-0.05, 0) is 18.8 Å². The molecule has 0 aromatic heterocycles. The number of hydrogen-bond acceptors (Lipinski definition) is 1. The maximum atomic E-state index is 10.6. The standard InChI is InChI=1S/C12H24O/c1-4-11(5-2)8-7-9-12(6-3)10-13/h10-12H,4-9H2,1-3H3. The van der Waals surface area contributed by atoms with Crippen LogP contribution in [0.3, 0.4) is 0 Å². The third-order valence-electron chi connectivity index (χ3n) is 3.06. The SMILES string of the molecule is CCC(C=O)CCCC(CC)CC. The average Bonchev–Trinajstić information content (AvgIpc) is 2.19. The Labute approximate surface area is 82.9 Å². The van der Waals surface area contributed by atoms with Crippen LogP contribution in [0.5, 0.6) is 0 Å². The first-order chi connectivity index (χ1) is 6.28. The molecule has 1 heteroatoms. The Morgan fingerprint density at radius 1 is 1.00 bits per heavy atom. The lowest BCUT2D eigenvalue weighted by atomic mass is 9.93. The van der Waals surface area contributed by atoms with Gasteiger partial charge in [-0.1, -0.05) is 46.5 Å². The Hall–Kier alpha value is -0.330. The fraction of sp³-hybridized carbons (Fsp3) is 0.917. The first kappa shape index (κ1) is 12.7. The van der Waals surface area contributed by atoms with Gasteiger partial charge in [0, 0.05) is 5.92 Å². The zero-order valence-corrected chi connectivity index (χ0v) is 9.38. The smallest absolute Gasteiger partial charge is 0.123 e. The van der Waals surface area contributed by atoms with Crippen LogP contribution in [0.25, 0.3) is 0 Å². The van der Waals surface area contributed by atoms with E-state index in [1.165, 1.54) is 25.7 Å². The van der Waals surface area contributed by atoms with Crippen molar-refractivity contribution >= 4 is 6.29 Å². The molecule has 0 bridgehead atoms. The molecule has 0 fully saturated rings. The van der Waals surface area contributed by atoms with Crippen LogP contribution in [-0.4, -0.2) is 6.29 Å². The van der Waals surface area contributed by atoms with Crippen molar-refractivity contribution in [1.82, 2.24) is 0 Å². The fourth-order valence-corrected chi connectivity index (χ4v) is 1.73. The van der Waals surface area contributed by atoms with E-state index in [9.17, 15) is 4.79 Å². The molecule has 0 amide bonds. The normalized spacial score (nSPS) is 13.2. The molecule has 78 valence electrons. The van der Waals surface area contributed by atoms with Crippen LogP contribution in [0.2, 0.25) is 0 Å². The molecule has 0 saturated heterocycles. The fourth-order valence-electron chi connectivity index (χ4n) is 1.73. The number of aldehydes is 1. The van der Waals surface area contributed by atoms with E-state index in [2.05, 4.69) is 20.8 Å². The minimum absolute atomic E-state index is 0.314. The Bertz CT molecular complexity index is 116. The average molecular weight is 184 g/mol. The van der Waals surface area contributed by atoms with Gasteiger partial charge in [0.1, 0.15) is 6.29 Å². The van der Waals surface area contributed by atoms with E-state index < -0.39 is 0 Å². The molecular weight excluding hydrogens is 160 g/mol. The van der Waals surface area contributed by atoms with Gasteiger partial charge in [0.05, 0.1) is 0 Å². The highest BCUT2D eigenvalue weighted by molar-refractivity contribution is 5.53. The molecular formula is C12H24O. The van der Waals surface area contributed by atoms with Crippen molar-refractivity contribution < 1.29 is 4.79 Å². The second-order valence-corrected chi connectivity index (χ2v) is 3.92. The topological polar surface area (TPSA) is 17.1 Å². The zero-order chi connectivity index (χ0) is 10.1. The number of rotatable bonds is 8. The van der Waals surface area contributed by atoms with Crippen LogP contribution in [-0.2, 0) is 4.79 Å². The second-order valence-electron chi connectivity index (χ2n) is 3.92. The van der Waals surface area contributed by atoms with Gasteiger partial charge in [0.25, 0.3) is 0 Å². The van der Waals surface area contributed by atoms with Gasteiger partial charge < -0.3 is 4.79 Å². The largest absolute Gasteiger partial charge is 0.303 e. The van der Waals surface area contributed by atoms with Crippen LogP contribution in [0, 0.1) is 11.8 Å². The summed E-state index contributed by atoms with van der Waals surface area (Å²) in [5.41, 5.74) is 0. The Morgan fingerprint density at radius 2 is 1.62 bits per heavy atom. The molecule has 0 N–H and O–H groups in total. The maximum absolute atomic E-state index is 10.6. The van der Waals surface area contributed by atoms with Crippen molar-refractivity contribution in [2.45, 2.75) is 59.3 Å². The summed E-state index contributed by atoms with van der Waals surface area (Å²) in [4.78, 5) is 10.6. The molecule has 0 spiro atoms. The van der Waals surface area contributed by atoms with E-state index in [1.807, 2.05) is 0 Å². The van der Waals surface area contributed by atoms with Crippen LogP contribution >= 0.6 is 0 Å². The highest BCUT2D eigenvalue weighted by atomic mass is 16.1. The van der Waals surface area contributed by atoms with Gasteiger partial charge >= 0.3 is 0 Å². The predicted molar refractivity (Wildman–Crippen MR) is 57.8 cm³/mol. The minimum atomic E-state index is 0.314. The number of carbonyl (C=O) groups excluding carboxylic acids is 1. The molecule has 13 heavy (non-hydrogen) atoms. The summed E-state index contributed by atoms with van der Waals surface area (Å²) in [7, 11) is 0. The summed E-state index contributed by atoms with van der Waals surface area (Å²) >= 11 is 0. The lowest BCUT2D eigenvalue weighted by molar-refractivity contribution is -0.111. The molecule has 0 radical (unpaired) electrons. The highest BCUT2D eigenvalue weighted by Crippen LogP contribution is 2.18. The van der Waals surface area contributed by atoms with Crippen molar-refractivity contribution in [3.05, 3.63) is 0 Å². The monoisotopic (exact) mass is 184 g/mol. The van der Waals surface area contributed by atoms with Crippen molar-refractivity contribution in [3.63, 3.8) is 0 Å². The van der Waals surface area contributed by atoms with Crippen molar-refractivity contribution in [3.8, 4) is 0 Å². The zero-order valence-electron chi connectivity index (χ0n) is 9.38. The summed E-state index contributed by atoms with van der Waals surface area (Å²) in [5.74, 6) is 1.19.